The number of hydrogen-bond donors (Lipinski definition) is 1. The number of aryl methyl sites for hydroxylation is 1. The summed E-state index contributed by atoms with van der Waals surface area (Å²) in [5, 5.41) is 11.6. The van der Waals surface area contributed by atoms with Crippen molar-refractivity contribution >= 4 is 11.0 Å². The van der Waals surface area contributed by atoms with Crippen LogP contribution in [0.15, 0.2) is 170 Å². The first-order valence-electron chi connectivity index (χ1n) is 24.0. The van der Waals surface area contributed by atoms with Gasteiger partial charge in [-0.05, 0) is 133 Å². The van der Waals surface area contributed by atoms with E-state index in [2.05, 4.69) is 135 Å². The molecule has 0 atom stereocenters. The van der Waals surface area contributed by atoms with E-state index in [4.69, 9.17) is 14.1 Å². The summed E-state index contributed by atoms with van der Waals surface area (Å²) in [6.07, 6.45) is 1.89. The summed E-state index contributed by atoms with van der Waals surface area (Å²) < 4.78 is 29.0. The van der Waals surface area contributed by atoms with E-state index in [9.17, 15) is 5.11 Å². The highest BCUT2D eigenvalue weighted by Gasteiger charge is 2.25. The summed E-state index contributed by atoms with van der Waals surface area (Å²) in [6, 6.07) is 55.2. The average Bonchev–Trinajstić information content (AvgIpc) is 3.70. The van der Waals surface area contributed by atoms with Gasteiger partial charge in [0.15, 0.2) is 0 Å². The van der Waals surface area contributed by atoms with Gasteiger partial charge >= 0.3 is 0 Å². The molecule has 1 N–H and O–H groups in total. The fraction of sp³-hybridized carbons (Fsp3) is 0.213. The van der Waals surface area contributed by atoms with Crippen molar-refractivity contribution in [2.75, 3.05) is 0 Å². The molecule has 0 amide bonds. The first-order valence-corrected chi connectivity index (χ1v) is 22.5. The molecular weight excluding hydrogens is 791 g/mol. The average molecular weight is 853 g/mol. The van der Waals surface area contributed by atoms with Crippen LogP contribution < -0.4 is 0 Å². The molecule has 0 aliphatic rings. The Morgan fingerprint density at radius 3 is 1.71 bits per heavy atom. The zero-order valence-electron chi connectivity index (χ0n) is 42.0. The molecule has 0 spiro atoms. The lowest BCUT2D eigenvalue weighted by atomic mass is 9.83. The molecule has 2 aromatic heterocycles. The van der Waals surface area contributed by atoms with Gasteiger partial charge in [-0.2, -0.15) is 0 Å². The first-order chi connectivity index (χ1) is 32.1. The quantitative estimate of drug-likeness (QED) is 0.174. The second kappa shape index (κ2) is 16.5. The summed E-state index contributed by atoms with van der Waals surface area (Å²) in [7, 11) is 0. The summed E-state index contributed by atoms with van der Waals surface area (Å²) >= 11 is 0. The van der Waals surface area contributed by atoms with E-state index < -0.39 is 6.85 Å². The van der Waals surface area contributed by atoms with Crippen LogP contribution in [0.25, 0.3) is 83.9 Å². The number of fused-ring (bicyclic) bond motifs is 1. The predicted octanol–water partition coefficient (Wildman–Crippen LogP) is 16.3. The SMILES string of the molecule is [2H]C([2H])([2H])c1cc(-n2c(-c3ccccc3O)nc3c(-c4cc(-c5cc(-c6ccc(C(C)(C)C)cc6)ccn5)cc(C(C)(C)C)c4)cccc32)c(-c2ccccc2)cc1-c1ccc(C(C)(C)C)cc1. The van der Waals surface area contributed by atoms with E-state index in [0.29, 0.717) is 28.2 Å². The molecule has 9 rings (SSSR count). The third kappa shape index (κ3) is 8.54. The van der Waals surface area contributed by atoms with Gasteiger partial charge < -0.3 is 5.11 Å². The van der Waals surface area contributed by atoms with Crippen molar-refractivity contribution in [2.45, 2.75) is 85.4 Å². The van der Waals surface area contributed by atoms with E-state index in [-0.39, 0.29) is 27.6 Å². The lowest BCUT2D eigenvalue weighted by molar-refractivity contribution is 0.477. The molecule has 9 aromatic rings. The number of aromatic nitrogens is 3. The maximum Gasteiger partial charge on any atom is 0.149 e. The van der Waals surface area contributed by atoms with Gasteiger partial charge in [-0.15, -0.1) is 0 Å². The molecule has 0 aliphatic heterocycles. The Balaban J connectivity index is 1.30. The third-order valence-corrected chi connectivity index (χ3v) is 12.6. The number of nitrogens with zero attached hydrogens (tertiary/aromatic N) is 3. The molecule has 0 aliphatic carbocycles. The number of benzene rings is 7. The molecule has 0 saturated heterocycles. The zero-order valence-corrected chi connectivity index (χ0v) is 39.0. The van der Waals surface area contributed by atoms with Gasteiger partial charge in [0.05, 0.1) is 28.0 Å². The fourth-order valence-electron chi connectivity index (χ4n) is 8.72. The van der Waals surface area contributed by atoms with Crippen molar-refractivity contribution in [1.82, 2.24) is 14.5 Å². The van der Waals surface area contributed by atoms with Crippen molar-refractivity contribution in [3.63, 3.8) is 0 Å². The van der Waals surface area contributed by atoms with Crippen molar-refractivity contribution in [2.24, 2.45) is 0 Å². The van der Waals surface area contributed by atoms with Crippen LogP contribution in [0.1, 0.15) is 88.7 Å². The van der Waals surface area contributed by atoms with Crippen LogP contribution in [0.3, 0.4) is 0 Å². The van der Waals surface area contributed by atoms with E-state index in [1.165, 1.54) is 5.56 Å². The smallest absolute Gasteiger partial charge is 0.149 e. The first kappa shape index (κ1) is 39.5. The molecule has 7 aromatic carbocycles. The molecule has 65 heavy (non-hydrogen) atoms. The van der Waals surface area contributed by atoms with Gasteiger partial charge in [-0.3, -0.25) is 9.55 Å². The lowest BCUT2D eigenvalue weighted by Crippen LogP contribution is -2.11. The highest BCUT2D eigenvalue weighted by molar-refractivity contribution is 5.98. The normalized spacial score (nSPS) is 13.1. The largest absolute Gasteiger partial charge is 0.507 e. The second-order valence-corrected chi connectivity index (χ2v) is 20.4. The summed E-state index contributed by atoms with van der Waals surface area (Å²) in [5.74, 6) is 0.551. The molecule has 0 fully saturated rings. The lowest BCUT2D eigenvalue weighted by Gasteiger charge is -2.22. The number of aromatic hydroxyl groups is 1. The van der Waals surface area contributed by atoms with Crippen molar-refractivity contribution in [3.8, 4) is 78.6 Å². The molecule has 0 unspecified atom stereocenters. The van der Waals surface area contributed by atoms with Crippen molar-refractivity contribution in [3.05, 3.63) is 192 Å². The fourth-order valence-corrected chi connectivity index (χ4v) is 8.72. The summed E-state index contributed by atoms with van der Waals surface area (Å²) in [6.45, 7) is 17.4. The van der Waals surface area contributed by atoms with Gasteiger partial charge in [-0.1, -0.05) is 172 Å². The van der Waals surface area contributed by atoms with Crippen molar-refractivity contribution < 1.29 is 9.22 Å². The van der Waals surface area contributed by atoms with E-state index in [1.54, 1.807) is 12.1 Å². The Morgan fingerprint density at radius 1 is 0.462 bits per heavy atom. The zero-order chi connectivity index (χ0) is 48.3. The Hall–Kier alpha value is -7.04. The molecule has 0 radical (unpaired) electrons. The van der Waals surface area contributed by atoms with Crippen LogP contribution >= 0.6 is 0 Å². The monoisotopic (exact) mass is 852 g/mol. The molecule has 0 bridgehead atoms. The van der Waals surface area contributed by atoms with Crippen LogP contribution in [-0.4, -0.2) is 19.6 Å². The summed E-state index contributed by atoms with van der Waals surface area (Å²) in [5.41, 5.74) is 15.3. The van der Waals surface area contributed by atoms with Gasteiger partial charge in [0, 0.05) is 27.0 Å². The minimum absolute atomic E-state index is 0.0571. The Morgan fingerprint density at radius 2 is 1.06 bits per heavy atom. The topological polar surface area (TPSA) is 50.9 Å². The summed E-state index contributed by atoms with van der Waals surface area (Å²) in [4.78, 5) is 10.4. The van der Waals surface area contributed by atoms with E-state index in [0.717, 1.165) is 66.8 Å². The van der Waals surface area contributed by atoms with Crippen LogP contribution in [0, 0.1) is 6.85 Å². The van der Waals surface area contributed by atoms with Crippen LogP contribution in [0.2, 0.25) is 0 Å². The molecule has 4 heteroatoms. The standard InChI is InChI=1S/C61H59N3O/c1-39-33-55(52(41-17-12-11-13-18-41)38-51(39)42-25-29-47(30-26-42)60(5,6)7)64-54-21-16-20-49(57(54)63-58(64)50-19-14-15-22-56(50)65)44-34-45(36-48(35-44)61(8,9)10)53-37-43(31-32-62-53)40-23-27-46(28-24-40)59(2,3)4/h11-38,65H,1-10H3/i1D3. The van der Waals surface area contributed by atoms with Gasteiger partial charge in [0.1, 0.15) is 11.6 Å². The number of imidazole rings is 1. The van der Waals surface area contributed by atoms with E-state index in [1.807, 2.05) is 89.6 Å². The minimum Gasteiger partial charge on any atom is -0.507 e. The molecular formula is C61H59N3O. The number of rotatable bonds is 7. The third-order valence-electron chi connectivity index (χ3n) is 12.6. The number of phenolic OH excluding ortho intramolecular Hbond substituents is 1. The van der Waals surface area contributed by atoms with Gasteiger partial charge in [0.2, 0.25) is 0 Å². The Kier molecular flexibility index (Phi) is 10.0. The predicted molar refractivity (Wildman–Crippen MR) is 274 cm³/mol. The van der Waals surface area contributed by atoms with Gasteiger partial charge in [0.25, 0.3) is 0 Å². The molecule has 4 nitrogen and oxygen atoms in total. The Bertz CT molecular complexity index is 3310. The van der Waals surface area contributed by atoms with Crippen molar-refractivity contribution in [1.29, 1.82) is 0 Å². The maximum absolute atomic E-state index is 11.6. The minimum atomic E-state index is -2.47. The van der Waals surface area contributed by atoms with Crippen LogP contribution in [-0.2, 0) is 16.2 Å². The highest BCUT2D eigenvalue weighted by Crippen LogP contribution is 2.43. The Labute approximate surface area is 389 Å². The number of pyridine rings is 1. The van der Waals surface area contributed by atoms with Gasteiger partial charge in [-0.25, -0.2) is 4.98 Å². The number of para-hydroxylation sites is 2. The number of phenols is 1. The van der Waals surface area contributed by atoms with Crippen LogP contribution in [0.4, 0.5) is 0 Å². The maximum atomic E-state index is 11.6. The highest BCUT2D eigenvalue weighted by atomic mass is 16.3. The van der Waals surface area contributed by atoms with Crippen LogP contribution in [0.5, 0.6) is 5.75 Å². The second-order valence-electron chi connectivity index (χ2n) is 20.4. The molecule has 0 saturated carbocycles. The molecule has 2 heterocycles. The van der Waals surface area contributed by atoms with E-state index >= 15 is 0 Å². The molecule has 324 valence electrons. The number of hydrogen-bond acceptors (Lipinski definition) is 3.